The average Bonchev–Trinajstić information content (AvgIpc) is 1.69. The van der Waals surface area contributed by atoms with E-state index in [9.17, 15) is 4.79 Å². The van der Waals surface area contributed by atoms with Gasteiger partial charge in [0.2, 0.25) is 7.41 Å². The predicted molar refractivity (Wildman–Crippen MR) is 34.6 cm³/mol. The van der Waals surface area contributed by atoms with Gasteiger partial charge in [0.05, 0.1) is 0 Å². The third-order valence-electron chi connectivity index (χ3n) is 1.15. The first-order valence-corrected chi connectivity index (χ1v) is 2.72. The third kappa shape index (κ3) is 2.12. The molecule has 45 valence electrons. The van der Waals surface area contributed by atoms with Crippen LogP contribution in [-0.4, -0.2) is 13.7 Å². The number of carbonyl (C=O) groups excluding carboxylic acids is 1. The number of rotatable bonds is 3. The van der Waals surface area contributed by atoms with Gasteiger partial charge in [-0.1, -0.05) is 13.8 Å². The highest BCUT2D eigenvalue weighted by Gasteiger charge is 2.09. The number of hydrogen-bond acceptors (Lipinski definition) is 2. The average molecular weight is 112 g/mol. The lowest BCUT2D eigenvalue weighted by atomic mass is 9.71. The lowest BCUT2D eigenvalue weighted by Gasteiger charge is -2.07. The van der Waals surface area contributed by atoms with E-state index >= 15 is 0 Å². The summed E-state index contributed by atoms with van der Waals surface area (Å²) in [6.07, 6.45) is 0.866. The highest BCUT2D eigenvalue weighted by Crippen LogP contribution is 2.09. The van der Waals surface area contributed by atoms with Gasteiger partial charge < -0.3 is 10.4 Å². The zero-order valence-corrected chi connectivity index (χ0v) is 5.29. The van der Waals surface area contributed by atoms with Crippen molar-refractivity contribution >= 4 is 13.7 Å². The minimum Gasteiger partial charge on any atom is -0.374 e. The maximum absolute atomic E-state index is 10.1. The third-order valence-corrected chi connectivity index (χ3v) is 1.15. The largest absolute Gasteiger partial charge is 0.374 e. The van der Waals surface area contributed by atoms with Crippen molar-refractivity contribution in [3.8, 4) is 0 Å². The summed E-state index contributed by atoms with van der Waals surface area (Å²) < 4.78 is 0. The molecule has 0 aliphatic rings. The van der Waals surface area contributed by atoms with Gasteiger partial charge in [-0.05, 0) is 5.92 Å². The second-order valence-electron chi connectivity index (χ2n) is 2.15. The van der Waals surface area contributed by atoms with Crippen molar-refractivity contribution in [2.75, 3.05) is 0 Å². The molecule has 8 heavy (non-hydrogen) atoms. The molecule has 0 bridgehead atoms. The van der Waals surface area contributed by atoms with Crippen LogP contribution in [0, 0.1) is 5.92 Å². The van der Waals surface area contributed by atoms with Crippen LogP contribution < -0.4 is 5.64 Å². The van der Waals surface area contributed by atoms with Gasteiger partial charge in [0.1, 0.15) is 6.29 Å². The Balaban J connectivity index is 3.51. The number of aldehydes is 1. The molecule has 0 aromatic carbocycles. The van der Waals surface area contributed by atoms with E-state index in [1.165, 1.54) is 7.41 Å². The summed E-state index contributed by atoms with van der Waals surface area (Å²) in [6, 6.07) is 0. The van der Waals surface area contributed by atoms with Crippen molar-refractivity contribution in [3.05, 3.63) is 0 Å². The van der Waals surface area contributed by atoms with Gasteiger partial charge in [-0.2, -0.15) is 0 Å². The van der Waals surface area contributed by atoms with Crippen molar-refractivity contribution in [2.45, 2.75) is 19.7 Å². The molecule has 2 nitrogen and oxygen atoms in total. The molecule has 0 fully saturated rings. The van der Waals surface area contributed by atoms with Crippen LogP contribution in [0.25, 0.3) is 0 Å². The molecular formula is C5H11BNO. The molecule has 0 amide bonds. The molecule has 2 N–H and O–H groups in total. The molecule has 0 spiro atoms. The Kier molecular flexibility index (Phi) is 3.53. The number of carbonyl (C=O) groups is 1. The van der Waals surface area contributed by atoms with E-state index in [2.05, 4.69) is 0 Å². The zero-order valence-electron chi connectivity index (χ0n) is 5.29. The van der Waals surface area contributed by atoms with E-state index in [0.29, 0.717) is 5.92 Å². The highest BCUT2D eigenvalue weighted by atomic mass is 16.1. The molecule has 0 aromatic rings. The summed E-state index contributed by atoms with van der Waals surface area (Å²) in [6.45, 7) is 3.92. The Bertz CT molecular complexity index is 74.8. The summed E-state index contributed by atoms with van der Waals surface area (Å²) in [7, 11) is 1.43. The van der Waals surface area contributed by atoms with E-state index in [-0.39, 0.29) is 5.82 Å². The maximum atomic E-state index is 10.1. The molecule has 1 atom stereocenters. The summed E-state index contributed by atoms with van der Waals surface area (Å²) in [4.78, 5) is 10.1. The van der Waals surface area contributed by atoms with Gasteiger partial charge in [-0.3, -0.25) is 0 Å². The van der Waals surface area contributed by atoms with Crippen LogP contribution in [0.5, 0.6) is 0 Å². The van der Waals surface area contributed by atoms with Gasteiger partial charge in [0.25, 0.3) is 0 Å². The van der Waals surface area contributed by atoms with E-state index in [1.807, 2.05) is 13.8 Å². The van der Waals surface area contributed by atoms with E-state index in [4.69, 9.17) is 5.64 Å². The zero-order chi connectivity index (χ0) is 6.57. The van der Waals surface area contributed by atoms with Crippen molar-refractivity contribution in [1.82, 2.24) is 0 Å². The number of nitrogens with two attached hydrogens (primary N) is 1. The fourth-order valence-corrected chi connectivity index (χ4v) is 0.425. The summed E-state index contributed by atoms with van der Waals surface area (Å²) in [5.74, 6) is 0.257. The topological polar surface area (TPSA) is 43.1 Å². The molecule has 0 aliphatic carbocycles. The van der Waals surface area contributed by atoms with Gasteiger partial charge in [0, 0.05) is 5.82 Å². The van der Waals surface area contributed by atoms with Crippen molar-refractivity contribution in [1.29, 1.82) is 0 Å². The lowest BCUT2D eigenvalue weighted by Crippen LogP contribution is -2.19. The van der Waals surface area contributed by atoms with Crippen molar-refractivity contribution in [2.24, 2.45) is 11.6 Å². The van der Waals surface area contributed by atoms with Crippen LogP contribution in [0.3, 0.4) is 0 Å². The summed E-state index contributed by atoms with van der Waals surface area (Å²) in [5.41, 5.74) is 5.13. The summed E-state index contributed by atoms with van der Waals surface area (Å²) >= 11 is 0. The van der Waals surface area contributed by atoms with E-state index < -0.39 is 0 Å². The van der Waals surface area contributed by atoms with Gasteiger partial charge in [0.15, 0.2) is 0 Å². The predicted octanol–water partition coefficient (Wildman–Crippen LogP) is 0.208. The molecule has 3 heteroatoms. The fourth-order valence-electron chi connectivity index (χ4n) is 0.425. The van der Waals surface area contributed by atoms with Gasteiger partial charge in [-0.25, -0.2) is 0 Å². The molecular weight excluding hydrogens is 101 g/mol. The first-order valence-electron chi connectivity index (χ1n) is 2.72. The van der Waals surface area contributed by atoms with Gasteiger partial charge in [-0.15, -0.1) is 0 Å². The van der Waals surface area contributed by atoms with Crippen LogP contribution in [0.2, 0.25) is 5.82 Å². The summed E-state index contributed by atoms with van der Waals surface area (Å²) in [5, 5.41) is 0. The van der Waals surface area contributed by atoms with Crippen LogP contribution in [-0.2, 0) is 4.79 Å². The minimum atomic E-state index is -0.0741. The Labute approximate surface area is 50.7 Å². The van der Waals surface area contributed by atoms with Gasteiger partial charge >= 0.3 is 0 Å². The fraction of sp³-hybridized carbons (Fsp3) is 0.800. The number of hydrogen-bond donors (Lipinski definition) is 1. The second-order valence-corrected chi connectivity index (χ2v) is 2.15. The first-order chi connectivity index (χ1) is 3.72. The molecule has 1 unspecified atom stereocenters. The van der Waals surface area contributed by atoms with Crippen LogP contribution in [0.4, 0.5) is 0 Å². The monoisotopic (exact) mass is 112 g/mol. The SMILES string of the molecule is CC(C)C([B]N)C=O. The maximum Gasteiger partial charge on any atom is 0.213 e. The van der Waals surface area contributed by atoms with Crippen LogP contribution >= 0.6 is 0 Å². The molecule has 1 radical (unpaired) electrons. The second kappa shape index (κ2) is 3.67. The molecule has 0 saturated carbocycles. The minimum absolute atomic E-state index is 0.0741. The standard InChI is InChI=1S/C5H11BNO/c1-4(2)5(3-8)6-7/h3-5H,7H2,1-2H3. The Hall–Kier alpha value is -0.305. The smallest absolute Gasteiger partial charge is 0.213 e. The van der Waals surface area contributed by atoms with Crippen LogP contribution in [0.1, 0.15) is 13.8 Å². The quantitative estimate of drug-likeness (QED) is 0.418. The molecule has 0 aliphatic heterocycles. The molecule has 0 aromatic heterocycles. The lowest BCUT2D eigenvalue weighted by molar-refractivity contribution is -0.108. The first kappa shape index (κ1) is 7.69. The van der Waals surface area contributed by atoms with Crippen molar-refractivity contribution in [3.63, 3.8) is 0 Å². The molecule has 0 heterocycles. The Morgan fingerprint density at radius 3 is 2.12 bits per heavy atom. The molecule has 0 saturated heterocycles. The van der Waals surface area contributed by atoms with Crippen LogP contribution in [0.15, 0.2) is 0 Å². The normalized spacial score (nSPS) is 13.5. The van der Waals surface area contributed by atoms with E-state index in [0.717, 1.165) is 6.29 Å². The highest BCUT2D eigenvalue weighted by molar-refractivity contribution is 6.38. The van der Waals surface area contributed by atoms with E-state index in [1.54, 1.807) is 0 Å². The Morgan fingerprint density at radius 1 is 1.62 bits per heavy atom. The Morgan fingerprint density at radius 2 is 2.12 bits per heavy atom. The van der Waals surface area contributed by atoms with Crippen molar-refractivity contribution < 1.29 is 4.79 Å². The molecule has 0 rings (SSSR count).